The number of aldehydes is 1. The molecule has 0 saturated heterocycles. The molecular weight excluding hydrogens is 236 g/mol. The number of carbonyl (C=O) groups is 1. The van der Waals surface area contributed by atoms with Gasteiger partial charge in [0.15, 0.2) is 6.29 Å². The fourth-order valence-electron chi connectivity index (χ4n) is 1.58. The SMILES string of the molecule is O=CC(=Cc1cccnc1)c1c(F)cccc1F. The standard InChI is InChI=1S/C14H9F2NO/c15-12-4-1-5-13(16)14(12)11(9-18)7-10-3-2-6-17-8-10/h1-9H. The van der Waals surface area contributed by atoms with Gasteiger partial charge in [0.05, 0.1) is 5.56 Å². The Morgan fingerprint density at radius 2 is 1.83 bits per heavy atom. The summed E-state index contributed by atoms with van der Waals surface area (Å²) < 4.78 is 27.1. The summed E-state index contributed by atoms with van der Waals surface area (Å²) in [5, 5.41) is 0. The number of benzene rings is 1. The number of nitrogens with zero attached hydrogens (tertiary/aromatic N) is 1. The Balaban J connectivity index is 2.53. The van der Waals surface area contributed by atoms with E-state index in [2.05, 4.69) is 4.98 Å². The first-order valence-electron chi connectivity index (χ1n) is 5.23. The van der Waals surface area contributed by atoms with Crippen molar-refractivity contribution in [2.45, 2.75) is 0 Å². The normalized spacial score (nSPS) is 11.3. The summed E-state index contributed by atoms with van der Waals surface area (Å²) in [6.45, 7) is 0. The predicted octanol–water partition coefficient (Wildman–Crippen LogP) is 3.10. The van der Waals surface area contributed by atoms with Gasteiger partial charge >= 0.3 is 0 Å². The van der Waals surface area contributed by atoms with Crippen LogP contribution in [0.25, 0.3) is 11.6 Å². The van der Waals surface area contributed by atoms with E-state index in [9.17, 15) is 13.6 Å². The third kappa shape index (κ3) is 2.48. The number of allylic oxidation sites excluding steroid dienone is 1. The van der Waals surface area contributed by atoms with Crippen LogP contribution in [0.1, 0.15) is 11.1 Å². The van der Waals surface area contributed by atoms with E-state index < -0.39 is 11.6 Å². The zero-order valence-corrected chi connectivity index (χ0v) is 9.31. The molecule has 0 radical (unpaired) electrons. The number of rotatable bonds is 3. The van der Waals surface area contributed by atoms with Gasteiger partial charge in [0.25, 0.3) is 0 Å². The molecule has 0 aliphatic carbocycles. The monoisotopic (exact) mass is 245 g/mol. The van der Waals surface area contributed by atoms with Gasteiger partial charge < -0.3 is 0 Å². The Labute approximate surface area is 103 Å². The lowest BCUT2D eigenvalue weighted by molar-refractivity contribution is -0.103. The summed E-state index contributed by atoms with van der Waals surface area (Å²) >= 11 is 0. The molecule has 4 heteroatoms. The maximum absolute atomic E-state index is 13.5. The summed E-state index contributed by atoms with van der Waals surface area (Å²) in [6.07, 6.45) is 4.89. The first kappa shape index (κ1) is 12.1. The highest BCUT2D eigenvalue weighted by molar-refractivity contribution is 6.13. The molecule has 1 heterocycles. The van der Waals surface area contributed by atoms with Gasteiger partial charge in [-0.25, -0.2) is 8.78 Å². The minimum Gasteiger partial charge on any atom is -0.298 e. The molecule has 0 spiro atoms. The second kappa shape index (κ2) is 5.31. The molecule has 2 nitrogen and oxygen atoms in total. The molecule has 0 unspecified atom stereocenters. The van der Waals surface area contributed by atoms with E-state index >= 15 is 0 Å². The fourth-order valence-corrected chi connectivity index (χ4v) is 1.58. The average Bonchev–Trinajstić information content (AvgIpc) is 2.38. The number of halogens is 2. The smallest absolute Gasteiger partial charge is 0.150 e. The van der Waals surface area contributed by atoms with E-state index in [4.69, 9.17) is 0 Å². The molecule has 2 aromatic rings. The van der Waals surface area contributed by atoms with Crippen LogP contribution < -0.4 is 0 Å². The van der Waals surface area contributed by atoms with E-state index in [1.807, 2.05) is 0 Å². The number of carbonyl (C=O) groups excluding carboxylic acids is 1. The summed E-state index contributed by atoms with van der Waals surface area (Å²) in [5.41, 5.74) is 0.220. The molecule has 0 saturated carbocycles. The fraction of sp³-hybridized carbons (Fsp3) is 0. The second-order valence-corrected chi connectivity index (χ2v) is 3.60. The van der Waals surface area contributed by atoms with Gasteiger partial charge in [0, 0.05) is 18.0 Å². The van der Waals surface area contributed by atoms with Crippen LogP contribution in [0.15, 0.2) is 42.7 Å². The Bertz CT molecular complexity index is 574. The molecule has 0 amide bonds. The third-order valence-corrected chi connectivity index (χ3v) is 2.38. The van der Waals surface area contributed by atoms with Crippen molar-refractivity contribution in [1.82, 2.24) is 4.98 Å². The molecule has 90 valence electrons. The zero-order valence-electron chi connectivity index (χ0n) is 9.31. The highest BCUT2D eigenvalue weighted by atomic mass is 19.1. The minimum atomic E-state index is -0.766. The third-order valence-electron chi connectivity index (χ3n) is 2.38. The molecule has 0 aliphatic rings. The molecule has 0 atom stereocenters. The van der Waals surface area contributed by atoms with Crippen LogP contribution in [-0.2, 0) is 4.79 Å². The summed E-state index contributed by atoms with van der Waals surface area (Å²) in [4.78, 5) is 14.9. The van der Waals surface area contributed by atoms with Crippen LogP contribution in [0.3, 0.4) is 0 Å². The van der Waals surface area contributed by atoms with Crippen molar-refractivity contribution in [3.05, 3.63) is 65.5 Å². The van der Waals surface area contributed by atoms with Gasteiger partial charge in [-0.3, -0.25) is 9.78 Å². The van der Waals surface area contributed by atoms with Crippen LogP contribution in [0.5, 0.6) is 0 Å². The Morgan fingerprint density at radius 3 is 2.39 bits per heavy atom. The van der Waals surface area contributed by atoms with Gasteiger partial charge in [-0.1, -0.05) is 12.1 Å². The number of aromatic nitrogens is 1. The van der Waals surface area contributed by atoms with E-state index in [-0.39, 0.29) is 11.1 Å². The maximum Gasteiger partial charge on any atom is 0.150 e. The van der Waals surface area contributed by atoms with Crippen molar-refractivity contribution in [2.75, 3.05) is 0 Å². The molecule has 2 rings (SSSR count). The highest BCUT2D eigenvalue weighted by Crippen LogP contribution is 2.22. The lowest BCUT2D eigenvalue weighted by atomic mass is 10.0. The molecule has 18 heavy (non-hydrogen) atoms. The van der Waals surface area contributed by atoms with Crippen molar-refractivity contribution in [3.63, 3.8) is 0 Å². The van der Waals surface area contributed by atoms with Crippen molar-refractivity contribution in [2.24, 2.45) is 0 Å². The van der Waals surface area contributed by atoms with Crippen LogP contribution in [0.4, 0.5) is 8.78 Å². The lowest BCUT2D eigenvalue weighted by Gasteiger charge is -2.04. The summed E-state index contributed by atoms with van der Waals surface area (Å²) in [6, 6.07) is 6.83. The topological polar surface area (TPSA) is 30.0 Å². The van der Waals surface area contributed by atoms with Crippen LogP contribution in [0.2, 0.25) is 0 Å². The molecule has 0 N–H and O–H groups in total. The first-order chi connectivity index (χ1) is 8.72. The number of hydrogen-bond donors (Lipinski definition) is 0. The molecule has 0 bridgehead atoms. The van der Waals surface area contributed by atoms with Crippen molar-refractivity contribution in [3.8, 4) is 0 Å². The highest BCUT2D eigenvalue weighted by Gasteiger charge is 2.12. The molecule has 1 aromatic heterocycles. The molecule has 1 aromatic carbocycles. The molecular formula is C14H9F2NO. The first-order valence-corrected chi connectivity index (χ1v) is 5.23. The van der Waals surface area contributed by atoms with Crippen molar-refractivity contribution >= 4 is 17.9 Å². The molecule has 0 aliphatic heterocycles. The van der Waals surface area contributed by atoms with Gasteiger partial charge in [-0.15, -0.1) is 0 Å². The van der Waals surface area contributed by atoms with Gasteiger partial charge in [-0.2, -0.15) is 0 Å². The number of pyridine rings is 1. The molecule has 0 fully saturated rings. The van der Waals surface area contributed by atoms with Crippen LogP contribution in [-0.4, -0.2) is 11.3 Å². The van der Waals surface area contributed by atoms with E-state index in [0.29, 0.717) is 11.8 Å². The minimum absolute atomic E-state index is 0.0569. The largest absolute Gasteiger partial charge is 0.298 e. The van der Waals surface area contributed by atoms with E-state index in [1.165, 1.54) is 18.3 Å². The van der Waals surface area contributed by atoms with Gasteiger partial charge in [0.1, 0.15) is 11.6 Å². The van der Waals surface area contributed by atoms with Crippen LogP contribution >= 0.6 is 0 Å². The van der Waals surface area contributed by atoms with Crippen molar-refractivity contribution in [1.29, 1.82) is 0 Å². The van der Waals surface area contributed by atoms with Crippen LogP contribution in [0, 0.1) is 11.6 Å². The lowest BCUT2D eigenvalue weighted by Crippen LogP contribution is -1.96. The maximum atomic E-state index is 13.5. The Morgan fingerprint density at radius 1 is 1.11 bits per heavy atom. The van der Waals surface area contributed by atoms with Gasteiger partial charge in [0.2, 0.25) is 0 Å². The zero-order chi connectivity index (χ0) is 13.0. The Kier molecular flexibility index (Phi) is 3.57. The average molecular weight is 245 g/mol. The van der Waals surface area contributed by atoms with Gasteiger partial charge in [-0.05, 0) is 29.8 Å². The van der Waals surface area contributed by atoms with E-state index in [1.54, 1.807) is 18.3 Å². The number of hydrogen-bond acceptors (Lipinski definition) is 2. The van der Waals surface area contributed by atoms with E-state index in [0.717, 1.165) is 12.1 Å². The summed E-state index contributed by atoms with van der Waals surface area (Å²) in [5.74, 6) is -1.53. The second-order valence-electron chi connectivity index (χ2n) is 3.60. The van der Waals surface area contributed by atoms with Crippen molar-refractivity contribution < 1.29 is 13.6 Å². The summed E-state index contributed by atoms with van der Waals surface area (Å²) in [7, 11) is 0. The predicted molar refractivity (Wildman–Crippen MR) is 64.5 cm³/mol. The Hall–Kier alpha value is -2.36. The quantitative estimate of drug-likeness (QED) is 0.614.